The van der Waals surface area contributed by atoms with Crippen molar-refractivity contribution in [3.8, 4) is 0 Å². The Bertz CT molecular complexity index is 1010. The molecule has 1 amide bonds. The van der Waals surface area contributed by atoms with Gasteiger partial charge in [-0.25, -0.2) is 4.28 Å². The standard InChI is InChI=1S/C16H12BrClN2O5S/c17-13-4-2-1-3-11(13)16(21)20-8-7-14(19-25-26(22,23)24)12-6-5-10(18)9-15(12)20/h1-6,9H,7-8H2,(H,22,23,24)/b19-14-. The third-order valence-corrected chi connectivity index (χ3v) is 4.91. The van der Waals surface area contributed by atoms with Crippen molar-refractivity contribution in [2.24, 2.45) is 5.16 Å². The molecule has 0 saturated carbocycles. The number of amides is 1. The van der Waals surface area contributed by atoms with Crippen LogP contribution in [0.1, 0.15) is 22.3 Å². The summed E-state index contributed by atoms with van der Waals surface area (Å²) in [6, 6.07) is 11.8. The van der Waals surface area contributed by atoms with Crippen LogP contribution in [-0.4, -0.2) is 31.1 Å². The molecule has 0 unspecified atom stereocenters. The van der Waals surface area contributed by atoms with Gasteiger partial charge in [0.2, 0.25) is 0 Å². The Morgan fingerprint density at radius 3 is 2.69 bits per heavy atom. The second-order valence-corrected chi connectivity index (χ2v) is 7.68. The third kappa shape index (κ3) is 4.07. The molecule has 10 heteroatoms. The topological polar surface area (TPSA) is 96.3 Å². The molecular weight excluding hydrogens is 448 g/mol. The average molecular weight is 460 g/mol. The lowest BCUT2D eigenvalue weighted by Gasteiger charge is -2.30. The second kappa shape index (κ2) is 7.36. The number of nitrogens with zero attached hydrogens (tertiary/aromatic N) is 2. The summed E-state index contributed by atoms with van der Waals surface area (Å²) in [5, 5.41) is 3.91. The summed E-state index contributed by atoms with van der Waals surface area (Å²) in [6.45, 7) is 0.237. The van der Waals surface area contributed by atoms with Gasteiger partial charge < -0.3 is 4.90 Å². The van der Waals surface area contributed by atoms with Crippen molar-refractivity contribution in [3.63, 3.8) is 0 Å². The highest BCUT2D eigenvalue weighted by Gasteiger charge is 2.29. The number of rotatable bonds is 3. The number of carbonyl (C=O) groups excluding carboxylic acids is 1. The van der Waals surface area contributed by atoms with Crippen molar-refractivity contribution in [2.75, 3.05) is 11.4 Å². The third-order valence-electron chi connectivity index (χ3n) is 3.72. The Morgan fingerprint density at radius 1 is 1.27 bits per heavy atom. The van der Waals surface area contributed by atoms with Crippen LogP contribution in [-0.2, 0) is 14.7 Å². The lowest BCUT2D eigenvalue weighted by Crippen LogP contribution is -2.38. The lowest BCUT2D eigenvalue weighted by atomic mass is 9.98. The maximum Gasteiger partial charge on any atom is 0.466 e. The molecule has 0 bridgehead atoms. The molecule has 1 heterocycles. The first kappa shape index (κ1) is 18.8. The van der Waals surface area contributed by atoms with E-state index >= 15 is 0 Å². The summed E-state index contributed by atoms with van der Waals surface area (Å²) >= 11 is 9.43. The first-order chi connectivity index (χ1) is 12.3. The zero-order valence-electron chi connectivity index (χ0n) is 13.1. The molecule has 1 N–H and O–H groups in total. The normalized spacial score (nSPS) is 15.7. The number of benzene rings is 2. The zero-order chi connectivity index (χ0) is 18.9. The van der Waals surface area contributed by atoms with Crippen LogP contribution in [0.5, 0.6) is 0 Å². The van der Waals surface area contributed by atoms with Crippen LogP contribution in [0.15, 0.2) is 52.1 Å². The van der Waals surface area contributed by atoms with Gasteiger partial charge in [-0.1, -0.05) is 28.9 Å². The van der Waals surface area contributed by atoms with Crippen molar-refractivity contribution in [1.82, 2.24) is 0 Å². The largest absolute Gasteiger partial charge is 0.466 e. The fourth-order valence-electron chi connectivity index (χ4n) is 2.62. The summed E-state index contributed by atoms with van der Waals surface area (Å²) in [5.41, 5.74) is 1.73. The van der Waals surface area contributed by atoms with Crippen LogP contribution >= 0.6 is 27.5 Å². The quantitative estimate of drug-likeness (QED) is 0.558. The van der Waals surface area contributed by atoms with E-state index < -0.39 is 10.4 Å². The lowest BCUT2D eigenvalue weighted by molar-refractivity contribution is 0.0986. The van der Waals surface area contributed by atoms with Crippen LogP contribution in [0, 0.1) is 0 Å². The van der Waals surface area contributed by atoms with E-state index in [0.717, 1.165) is 0 Å². The molecule has 0 fully saturated rings. The Balaban J connectivity index is 2.03. The number of anilines is 1. The molecule has 0 aromatic heterocycles. The Morgan fingerprint density at radius 2 is 2.00 bits per heavy atom. The van der Waals surface area contributed by atoms with Crippen molar-refractivity contribution in [3.05, 3.63) is 63.1 Å². The predicted octanol–water partition coefficient (Wildman–Crippen LogP) is 3.68. The van der Waals surface area contributed by atoms with Gasteiger partial charge in [-0.05, 0) is 46.3 Å². The summed E-state index contributed by atoms with van der Waals surface area (Å²) in [7, 11) is -4.71. The fourth-order valence-corrected chi connectivity index (χ4v) is 3.43. The molecule has 0 aliphatic carbocycles. The van der Waals surface area contributed by atoms with E-state index in [0.29, 0.717) is 26.3 Å². The van der Waals surface area contributed by atoms with E-state index in [9.17, 15) is 13.2 Å². The van der Waals surface area contributed by atoms with Crippen LogP contribution in [0.4, 0.5) is 5.69 Å². The molecule has 1 aliphatic rings. The van der Waals surface area contributed by atoms with E-state index in [-0.39, 0.29) is 24.6 Å². The van der Waals surface area contributed by atoms with Gasteiger partial charge in [0.1, 0.15) is 0 Å². The number of halogens is 2. The first-order valence-corrected chi connectivity index (χ1v) is 9.89. The molecule has 0 atom stereocenters. The Kier molecular flexibility index (Phi) is 5.33. The molecular formula is C16H12BrClN2O5S. The minimum atomic E-state index is -4.71. The van der Waals surface area contributed by atoms with E-state index in [1.165, 1.54) is 4.90 Å². The highest BCUT2D eigenvalue weighted by molar-refractivity contribution is 9.10. The molecule has 0 radical (unpaired) electrons. The zero-order valence-corrected chi connectivity index (χ0v) is 16.3. The maximum absolute atomic E-state index is 13.0. The molecule has 1 aliphatic heterocycles. The number of carbonyl (C=O) groups is 1. The van der Waals surface area contributed by atoms with Gasteiger partial charge in [0, 0.05) is 28.0 Å². The molecule has 2 aromatic carbocycles. The number of oxime groups is 1. The molecule has 7 nitrogen and oxygen atoms in total. The smallest absolute Gasteiger partial charge is 0.307 e. The number of hydrogen-bond acceptors (Lipinski definition) is 5. The van der Waals surface area contributed by atoms with E-state index in [4.69, 9.17) is 16.2 Å². The van der Waals surface area contributed by atoms with Gasteiger partial charge in [-0.3, -0.25) is 9.35 Å². The Hall–Kier alpha value is -1.94. The van der Waals surface area contributed by atoms with Crippen molar-refractivity contribution in [1.29, 1.82) is 0 Å². The van der Waals surface area contributed by atoms with Crippen LogP contribution in [0.25, 0.3) is 0 Å². The van der Waals surface area contributed by atoms with Gasteiger partial charge in [-0.2, -0.15) is 8.42 Å². The van der Waals surface area contributed by atoms with Crippen molar-refractivity contribution >= 4 is 55.2 Å². The highest BCUT2D eigenvalue weighted by Crippen LogP contribution is 2.32. The van der Waals surface area contributed by atoms with Gasteiger partial charge in [0.05, 0.1) is 17.0 Å². The summed E-state index contributed by atoms with van der Waals surface area (Å²) in [5.74, 6) is -0.240. The number of hydrogen-bond donors (Lipinski definition) is 1. The Labute approximate surface area is 163 Å². The summed E-state index contributed by atoms with van der Waals surface area (Å²) in [4.78, 5) is 14.5. The summed E-state index contributed by atoms with van der Waals surface area (Å²) in [6.07, 6.45) is 0.236. The fraction of sp³-hybridized carbons (Fsp3) is 0.125. The van der Waals surface area contributed by atoms with Gasteiger partial charge in [0.25, 0.3) is 5.91 Å². The molecule has 0 spiro atoms. The van der Waals surface area contributed by atoms with Gasteiger partial charge >= 0.3 is 10.4 Å². The van der Waals surface area contributed by atoms with Crippen LogP contribution in [0.2, 0.25) is 5.02 Å². The molecule has 0 saturated heterocycles. The molecule has 136 valence electrons. The number of fused-ring (bicyclic) bond motifs is 1. The van der Waals surface area contributed by atoms with E-state index in [1.54, 1.807) is 42.5 Å². The monoisotopic (exact) mass is 458 g/mol. The average Bonchev–Trinajstić information content (AvgIpc) is 2.58. The second-order valence-electron chi connectivity index (χ2n) is 5.39. The SMILES string of the molecule is O=C(c1ccccc1Br)N1CC/C(=N/OS(=O)(=O)O)c2ccc(Cl)cc21. The molecule has 3 rings (SSSR count). The minimum Gasteiger partial charge on any atom is -0.307 e. The van der Waals surface area contributed by atoms with E-state index in [2.05, 4.69) is 25.4 Å². The van der Waals surface area contributed by atoms with Gasteiger partial charge in [-0.15, -0.1) is 0 Å². The first-order valence-electron chi connectivity index (χ1n) is 7.35. The van der Waals surface area contributed by atoms with Crippen molar-refractivity contribution < 1.29 is 22.0 Å². The predicted molar refractivity (Wildman–Crippen MR) is 101 cm³/mol. The van der Waals surface area contributed by atoms with Crippen LogP contribution in [0.3, 0.4) is 0 Å². The van der Waals surface area contributed by atoms with Gasteiger partial charge in [0.15, 0.2) is 0 Å². The molecule has 26 heavy (non-hydrogen) atoms. The summed E-state index contributed by atoms with van der Waals surface area (Å²) < 4.78 is 35.0. The van der Waals surface area contributed by atoms with E-state index in [1.807, 2.05) is 0 Å². The van der Waals surface area contributed by atoms with Crippen LogP contribution < -0.4 is 4.90 Å². The maximum atomic E-state index is 13.0. The highest BCUT2D eigenvalue weighted by atomic mass is 79.9. The minimum absolute atomic E-state index is 0.236. The van der Waals surface area contributed by atoms with Crippen molar-refractivity contribution in [2.45, 2.75) is 6.42 Å². The molecule has 2 aromatic rings.